The number of hydrogen-bond acceptors (Lipinski definition) is 4. The molecule has 8 heteroatoms. The normalized spacial score (nSPS) is 16.4. The number of likely N-dealkylation sites (tertiary alicyclic amines) is 1. The van der Waals surface area contributed by atoms with E-state index in [-0.39, 0.29) is 37.3 Å². The van der Waals surface area contributed by atoms with Gasteiger partial charge in [0.2, 0.25) is 5.92 Å². The van der Waals surface area contributed by atoms with Crippen LogP contribution in [0.4, 0.5) is 8.78 Å². The second-order valence-corrected chi connectivity index (χ2v) is 11.2. The van der Waals surface area contributed by atoms with Crippen molar-refractivity contribution >= 4 is 11.7 Å². The number of nitrogens with zero attached hydrogens (tertiary/aromatic N) is 3. The Balaban J connectivity index is 1.90. The molecule has 0 aliphatic carbocycles. The van der Waals surface area contributed by atoms with Crippen LogP contribution in [0, 0.1) is 12.8 Å². The molecule has 2 aromatic carbocycles. The minimum absolute atomic E-state index is 0.0335. The fourth-order valence-corrected chi connectivity index (χ4v) is 5.16. The molecule has 2 unspecified atom stereocenters. The van der Waals surface area contributed by atoms with Crippen molar-refractivity contribution in [2.45, 2.75) is 77.6 Å². The SMILES string of the molecule is C=CC(OC)N(Cc1cccc(C(=O)N2CCC(CO)CC2)c1)C(CCCC(C)(F)F)=NC(C)c1ccc(C)cc1. The van der Waals surface area contributed by atoms with Gasteiger partial charge in [-0.25, -0.2) is 8.78 Å². The molecule has 2 atom stereocenters. The van der Waals surface area contributed by atoms with Crippen LogP contribution in [-0.4, -0.2) is 65.6 Å². The molecular formula is C33H45F2N3O3. The van der Waals surface area contributed by atoms with Crippen LogP contribution in [0.2, 0.25) is 0 Å². The highest BCUT2D eigenvalue weighted by molar-refractivity contribution is 5.94. The van der Waals surface area contributed by atoms with Crippen LogP contribution >= 0.6 is 0 Å². The minimum atomic E-state index is -2.77. The van der Waals surface area contributed by atoms with Crippen LogP contribution in [0.15, 0.2) is 66.2 Å². The summed E-state index contributed by atoms with van der Waals surface area (Å²) < 4.78 is 33.2. The van der Waals surface area contributed by atoms with E-state index in [1.807, 2.05) is 72.2 Å². The predicted molar refractivity (Wildman–Crippen MR) is 160 cm³/mol. The highest BCUT2D eigenvalue weighted by Crippen LogP contribution is 2.25. The van der Waals surface area contributed by atoms with Crippen molar-refractivity contribution in [2.75, 3.05) is 26.8 Å². The van der Waals surface area contributed by atoms with E-state index in [0.29, 0.717) is 37.5 Å². The smallest absolute Gasteiger partial charge is 0.253 e. The molecule has 0 saturated carbocycles. The third-order valence-electron chi connectivity index (χ3n) is 7.69. The zero-order valence-electron chi connectivity index (χ0n) is 24.9. The number of amidine groups is 1. The van der Waals surface area contributed by atoms with Gasteiger partial charge in [0.1, 0.15) is 12.1 Å². The summed E-state index contributed by atoms with van der Waals surface area (Å²) >= 11 is 0. The second kappa shape index (κ2) is 15.2. The van der Waals surface area contributed by atoms with Crippen molar-refractivity contribution in [3.05, 3.63) is 83.4 Å². The molecule has 1 aliphatic rings. The summed E-state index contributed by atoms with van der Waals surface area (Å²) in [6.07, 6.45) is 3.06. The maximum absolute atomic E-state index is 13.7. The first-order valence-electron chi connectivity index (χ1n) is 14.5. The van der Waals surface area contributed by atoms with Crippen LogP contribution < -0.4 is 0 Å². The Morgan fingerprint density at radius 3 is 2.51 bits per heavy atom. The summed E-state index contributed by atoms with van der Waals surface area (Å²) in [7, 11) is 1.58. The molecule has 3 rings (SSSR count). The molecule has 0 spiro atoms. The molecule has 0 radical (unpaired) electrons. The summed E-state index contributed by atoms with van der Waals surface area (Å²) in [4.78, 5) is 22.1. The number of aliphatic hydroxyl groups excluding tert-OH is 1. The van der Waals surface area contributed by atoms with Crippen LogP contribution in [-0.2, 0) is 11.3 Å². The van der Waals surface area contributed by atoms with Crippen LogP contribution in [0.5, 0.6) is 0 Å². The number of carbonyl (C=O) groups excluding carboxylic acids is 1. The lowest BCUT2D eigenvalue weighted by Gasteiger charge is -2.33. The Labute approximate surface area is 243 Å². The lowest BCUT2D eigenvalue weighted by atomic mass is 9.97. The number of hydrogen-bond donors (Lipinski definition) is 1. The maximum Gasteiger partial charge on any atom is 0.253 e. The lowest BCUT2D eigenvalue weighted by Crippen LogP contribution is -2.40. The predicted octanol–water partition coefficient (Wildman–Crippen LogP) is 6.79. The van der Waals surface area contributed by atoms with Gasteiger partial charge in [0.05, 0.1) is 6.04 Å². The number of rotatable bonds is 13. The van der Waals surface area contributed by atoms with E-state index in [2.05, 4.69) is 6.58 Å². The Kier molecular flexibility index (Phi) is 12.0. The molecule has 1 amide bonds. The standard InChI is InChI=1S/C33H45F2N3O3/c1-6-31(41-5)38(22-27-9-7-10-29(21-27)32(40)37-19-16-26(23-39)17-20-37)30(11-8-18-33(4,34)35)36-25(3)28-14-12-24(2)13-15-28/h6-7,9-10,12-15,21,25-26,31,39H,1,8,11,16-20,22-23H2,2-5H3. The molecule has 0 bridgehead atoms. The van der Waals surface area contributed by atoms with Gasteiger partial charge in [0.15, 0.2) is 0 Å². The molecule has 224 valence electrons. The molecule has 1 fully saturated rings. The topological polar surface area (TPSA) is 65.4 Å². The van der Waals surface area contributed by atoms with Crippen molar-refractivity contribution < 1.29 is 23.4 Å². The number of alkyl halides is 2. The number of amides is 1. The van der Waals surface area contributed by atoms with Crippen molar-refractivity contribution in [1.29, 1.82) is 0 Å². The molecule has 1 N–H and O–H groups in total. The number of methoxy groups -OCH3 is 1. The number of aliphatic hydroxyl groups is 1. The van der Waals surface area contributed by atoms with Gasteiger partial charge in [-0.15, -0.1) is 0 Å². The summed E-state index contributed by atoms with van der Waals surface area (Å²) in [5, 5.41) is 9.44. The van der Waals surface area contributed by atoms with E-state index in [9.17, 15) is 18.7 Å². The van der Waals surface area contributed by atoms with Gasteiger partial charge in [0, 0.05) is 51.8 Å². The van der Waals surface area contributed by atoms with E-state index < -0.39 is 12.2 Å². The van der Waals surface area contributed by atoms with Crippen LogP contribution in [0.3, 0.4) is 0 Å². The number of benzene rings is 2. The van der Waals surface area contributed by atoms with Gasteiger partial charge in [-0.3, -0.25) is 9.79 Å². The van der Waals surface area contributed by atoms with Crippen molar-refractivity contribution in [1.82, 2.24) is 9.80 Å². The van der Waals surface area contributed by atoms with Gasteiger partial charge in [-0.2, -0.15) is 0 Å². The average molecular weight is 570 g/mol. The van der Waals surface area contributed by atoms with Gasteiger partial charge in [-0.05, 0) is 75.3 Å². The monoisotopic (exact) mass is 569 g/mol. The van der Waals surface area contributed by atoms with Crippen molar-refractivity contribution in [3.63, 3.8) is 0 Å². The molecule has 1 saturated heterocycles. The van der Waals surface area contributed by atoms with Crippen molar-refractivity contribution in [2.24, 2.45) is 10.9 Å². The highest BCUT2D eigenvalue weighted by atomic mass is 19.3. The number of ether oxygens (including phenoxy) is 1. The molecule has 6 nitrogen and oxygen atoms in total. The Morgan fingerprint density at radius 1 is 1.24 bits per heavy atom. The average Bonchev–Trinajstić information content (AvgIpc) is 2.96. The van der Waals surface area contributed by atoms with E-state index >= 15 is 0 Å². The summed E-state index contributed by atoms with van der Waals surface area (Å²) in [5.74, 6) is -1.90. The second-order valence-electron chi connectivity index (χ2n) is 11.2. The lowest BCUT2D eigenvalue weighted by molar-refractivity contribution is 0.0106. The zero-order valence-corrected chi connectivity index (χ0v) is 24.9. The van der Waals surface area contributed by atoms with E-state index in [0.717, 1.165) is 36.5 Å². The maximum atomic E-state index is 13.7. The number of aryl methyl sites for hydroxylation is 1. The summed E-state index contributed by atoms with van der Waals surface area (Å²) in [6, 6.07) is 15.4. The van der Waals surface area contributed by atoms with E-state index in [1.165, 1.54) is 0 Å². The zero-order chi connectivity index (χ0) is 30.0. The molecule has 41 heavy (non-hydrogen) atoms. The Hall–Kier alpha value is -3.10. The highest BCUT2D eigenvalue weighted by Gasteiger charge is 2.26. The van der Waals surface area contributed by atoms with Crippen LogP contribution in [0.1, 0.15) is 79.0 Å². The first-order valence-corrected chi connectivity index (χ1v) is 14.5. The summed E-state index contributed by atoms with van der Waals surface area (Å²) in [6.45, 7) is 10.7. The van der Waals surface area contributed by atoms with Crippen molar-refractivity contribution in [3.8, 4) is 0 Å². The number of carbonyl (C=O) groups is 1. The van der Waals surface area contributed by atoms with Gasteiger partial charge in [-0.1, -0.05) is 48.5 Å². The molecule has 1 heterocycles. The van der Waals surface area contributed by atoms with Gasteiger partial charge >= 0.3 is 0 Å². The molecule has 2 aromatic rings. The summed E-state index contributed by atoms with van der Waals surface area (Å²) in [5.41, 5.74) is 3.64. The molecule has 0 aromatic heterocycles. The first-order chi connectivity index (χ1) is 19.5. The third-order valence-corrected chi connectivity index (χ3v) is 7.69. The fourth-order valence-electron chi connectivity index (χ4n) is 5.16. The first kappa shape index (κ1) is 32.4. The van der Waals surface area contributed by atoms with Gasteiger partial charge < -0.3 is 19.6 Å². The quantitative estimate of drug-likeness (QED) is 0.125. The molecular weight excluding hydrogens is 524 g/mol. The fraction of sp³-hybridized carbons (Fsp3) is 0.515. The van der Waals surface area contributed by atoms with E-state index in [1.54, 1.807) is 13.2 Å². The van der Waals surface area contributed by atoms with Crippen LogP contribution in [0.25, 0.3) is 0 Å². The Morgan fingerprint density at radius 2 is 1.93 bits per heavy atom. The van der Waals surface area contributed by atoms with E-state index in [4.69, 9.17) is 9.73 Å². The minimum Gasteiger partial charge on any atom is -0.396 e. The molecule has 1 aliphatic heterocycles. The Bertz CT molecular complexity index is 1160. The largest absolute Gasteiger partial charge is 0.396 e. The number of piperidine rings is 1. The van der Waals surface area contributed by atoms with Gasteiger partial charge in [0.25, 0.3) is 5.91 Å². The number of halogens is 2. The third kappa shape index (κ3) is 9.75. The number of aliphatic imine (C=N–C) groups is 1.